The quantitative estimate of drug-likeness (QED) is 0.727. The van der Waals surface area contributed by atoms with Gasteiger partial charge in [0.2, 0.25) is 0 Å². The molecule has 0 aliphatic rings. The van der Waals surface area contributed by atoms with Gasteiger partial charge in [-0.1, -0.05) is 48.5 Å². The van der Waals surface area contributed by atoms with Crippen molar-refractivity contribution in [2.24, 2.45) is 7.05 Å². The maximum atomic E-state index is 10.5. The molecular weight excluding hydrogens is 222 g/mol. The summed E-state index contributed by atoms with van der Waals surface area (Å²) in [5, 5.41) is 11.6. The molecule has 1 heterocycles. The van der Waals surface area contributed by atoms with Gasteiger partial charge in [-0.2, -0.15) is 0 Å². The first-order valence-electron chi connectivity index (χ1n) is 6.05. The van der Waals surface area contributed by atoms with Crippen LogP contribution in [0.4, 0.5) is 0 Å². The van der Waals surface area contributed by atoms with Crippen molar-refractivity contribution in [1.29, 1.82) is 0 Å². The number of fused-ring (bicyclic) bond motifs is 1. The maximum absolute atomic E-state index is 10.5. The molecule has 0 fully saturated rings. The molecule has 0 aliphatic carbocycles. The Morgan fingerprint density at radius 1 is 0.944 bits per heavy atom. The van der Waals surface area contributed by atoms with E-state index < -0.39 is 6.10 Å². The Labute approximate surface area is 106 Å². The zero-order chi connectivity index (χ0) is 12.5. The lowest BCUT2D eigenvalue weighted by Crippen LogP contribution is -2.05. The third-order valence-electron chi connectivity index (χ3n) is 3.38. The Balaban J connectivity index is 2.12. The highest BCUT2D eigenvalue weighted by molar-refractivity contribution is 5.81. The summed E-state index contributed by atoms with van der Waals surface area (Å²) in [4.78, 5) is 0. The summed E-state index contributed by atoms with van der Waals surface area (Å²) in [6.45, 7) is 0. The lowest BCUT2D eigenvalue weighted by Gasteiger charge is -2.12. The highest BCUT2D eigenvalue weighted by Gasteiger charge is 2.15. The topological polar surface area (TPSA) is 25.2 Å². The van der Waals surface area contributed by atoms with E-state index in [0.717, 1.165) is 22.2 Å². The highest BCUT2D eigenvalue weighted by Crippen LogP contribution is 2.27. The van der Waals surface area contributed by atoms with E-state index in [-0.39, 0.29) is 0 Å². The number of aromatic nitrogens is 1. The Kier molecular flexibility index (Phi) is 2.65. The van der Waals surface area contributed by atoms with Crippen molar-refractivity contribution in [2.45, 2.75) is 6.10 Å². The molecule has 3 aromatic rings. The summed E-state index contributed by atoms with van der Waals surface area (Å²) in [6, 6.07) is 20.0. The minimum atomic E-state index is -0.580. The minimum absolute atomic E-state index is 0.580. The van der Waals surface area contributed by atoms with Crippen molar-refractivity contribution >= 4 is 10.9 Å². The van der Waals surface area contributed by atoms with E-state index in [2.05, 4.69) is 12.1 Å². The monoisotopic (exact) mass is 237 g/mol. The fraction of sp³-hybridized carbons (Fsp3) is 0.125. The van der Waals surface area contributed by atoms with Crippen LogP contribution in [0, 0.1) is 0 Å². The molecule has 0 amide bonds. The number of hydrogen-bond acceptors (Lipinski definition) is 1. The second-order valence-corrected chi connectivity index (χ2v) is 4.50. The average Bonchev–Trinajstić information content (AvgIpc) is 2.77. The summed E-state index contributed by atoms with van der Waals surface area (Å²) in [5.41, 5.74) is 2.98. The van der Waals surface area contributed by atoms with Crippen molar-refractivity contribution in [3.8, 4) is 0 Å². The molecule has 1 atom stereocenters. The molecule has 0 unspecified atom stereocenters. The Morgan fingerprint density at radius 2 is 1.61 bits per heavy atom. The van der Waals surface area contributed by atoms with Crippen LogP contribution in [-0.4, -0.2) is 9.67 Å². The minimum Gasteiger partial charge on any atom is -0.382 e. The first kappa shape index (κ1) is 11.1. The molecule has 2 aromatic carbocycles. The van der Waals surface area contributed by atoms with Crippen molar-refractivity contribution in [2.75, 3.05) is 0 Å². The van der Waals surface area contributed by atoms with Gasteiger partial charge in [0, 0.05) is 12.6 Å². The molecule has 0 radical (unpaired) electrons. The van der Waals surface area contributed by atoms with Gasteiger partial charge in [0.25, 0.3) is 0 Å². The van der Waals surface area contributed by atoms with Crippen molar-refractivity contribution in [1.82, 2.24) is 4.57 Å². The van der Waals surface area contributed by atoms with Crippen LogP contribution >= 0.6 is 0 Å². The molecule has 0 spiro atoms. The molecule has 0 saturated carbocycles. The molecule has 3 rings (SSSR count). The zero-order valence-corrected chi connectivity index (χ0v) is 10.2. The van der Waals surface area contributed by atoms with Gasteiger partial charge in [0.05, 0.1) is 5.69 Å². The maximum Gasteiger partial charge on any atom is 0.119 e. The van der Waals surface area contributed by atoms with Crippen molar-refractivity contribution in [3.05, 3.63) is 71.9 Å². The Morgan fingerprint density at radius 3 is 2.33 bits per heavy atom. The third kappa shape index (κ3) is 1.71. The predicted octanol–water partition coefficient (Wildman–Crippen LogP) is 3.26. The van der Waals surface area contributed by atoms with Gasteiger partial charge in [0.1, 0.15) is 6.10 Å². The number of aryl methyl sites for hydroxylation is 1. The van der Waals surface area contributed by atoms with E-state index in [0.29, 0.717) is 0 Å². The van der Waals surface area contributed by atoms with Crippen LogP contribution in [0.2, 0.25) is 0 Å². The van der Waals surface area contributed by atoms with Crippen LogP contribution in [0.15, 0.2) is 60.7 Å². The number of hydrogen-bond donors (Lipinski definition) is 1. The second-order valence-electron chi connectivity index (χ2n) is 4.50. The molecule has 0 saturated heterocycles. The van der Waals surface area contributed by atoms with Gasteiger partial charge < -0.3 is 9.67 Å². The van der Waals surface area contributed by atoms with E-state index in [1.807, 2.05) is 60.1 Å². The third-order valence-corrected chi connectivity index (χ3v) is 3.38. The number of aliphatic hydroxyl groups is 1. The highest BCUT2D eigenvalue weighted by atomic mass is 16.3. The molecule has 2 heteroatoms. The van der Waals surface area contributed by atoms with Crippen LogP contribution in [0.25, 0.3) is 10.9 Å². The number of benzene rings is 2. The molecule has 1 aromatic heterocycles. The number of para-hydroxylation sites is 1. The molecular formula is C16H15NO. The fourth-order valence-electron chi connectivity index (χ4n) is 2.38. The average molecular weight is 237 g/mol. The molecule has 1 N–H and O–H groups in total. The summed E-state index contributed by atoms with van der Waals surface area (Å²) < 4.78 is 2.05. The van der Waals surface area contributed by atoms with Gasteiger partial charge in [-0.3, -0.25) is 0 Å². The van der Waals surface area contributed by atoms with E-state index in [1.54, 1.807) is 0 Å². The first-order chi connectivity index (χ1) is 8.77. The Bertz CT molecular complexity index is 670. The van der Waals surface area contributed by atoms with Crippen molar-refractivity contribution < 1.29 is 5.11 Å². The molecule has 0 bridgehead atoms. The van der Waals surface area contributed by atoms with E-state index in [1.165, 1.54) is 0 Å². The largest absolute Gasteiger partial charge is 0.382 e. The molecule has 2 nitrogen and oxygen atoms in total. The summed E-state index contributed by atoms with van der Waals surface area (Å²) in [7, 11) is 1.99. The van der Waals surface area contributed by atoms with Crippen LogP contribution in [0.3, 0.4) is 0 Å². The van der Waals surface area contributed by atoms with Gasteiger partial charge >= 0.3 is 0 Å². The van der Waals surface area contributed by atoms with Crippen molar-refractivity contribution in [3.63, 3.8) is 0 Å². The van der Waals surface area contributed by atoms with Gasteiger partial charge in [0.15, 0.2) is 0 Å². The lowest BCUT2D eigenvalue weighted by molar-refractivity contribution is 0.212. The second kappa shape index (κ2) is 4.31. The van der Waals surface area contributed by atoms with E-state index in [4.69, 9.17) is 0 Å². The SMILES string of the molecule is Cn1c([C@@H](O)c2ccccc2)cc2ccccc21. The van der Waals surface area contributed by atoms with Gasteiger partial charge in [-0.15, -0.1) is 0 Å². The van der Waals surface area contributed by atoms with Crippen LogP contribution in [0.5, 0.6) is 0 Å². The molecule has 18 heavy (non-hydrogen) atoms. The Hall–Kier alpha value is -2.06. The number of nitrogens with zero attached hydrogens (tertiary/aromatic N) is 1. The van der Waals surface area contributed by atoms with E-state index >= 15 is 0 Å². The number of rotatable bonds is 2. The van der Waals surface area contributed by atoms with Gasteiger partial charge in [-0.05, 0) is 23.1 Å². The summed E-state index contributed by atoms with van der Waals surface area (Å²) in [5.74, 6) is 0. The first-order valence-corrected chi connectivity index (χ1v) is 6.05. The molecule has 0 aliphatic heterocycles. The smallest absolute Gasteiger partial charge is 0.119 e. The predicted molar refractivity (Wildman–Crippen MR) is 73.4 cm³/mol. The van der Waals surface area contributed by atoms with Crippen LogP contribution in [0.1, 0.15) is 17.4 Å². The van der Waals surface area contributed by atoms with Crippen LogP contribution < -0.4 is 0 Å². The fourth-order valence-corrected chi connectivity index (χ4v) is 2.38. The number of aliphatic hydroxyl groups excluding tert-OH is 1. The summed E-state index contributed by atoms with van der Waals surface area (Å²) in [6.07, 6.45) is -0.580. The van der Waals surface area contributed by atoms with Gasteiger partial charge in [-0.25, -0.2) is 0 Å². The molecule has 90 valence electrons. The normalized spacial score (nSPS) is 12.8. The van der Waals surface area contributed by atoms with E-state index in [9.17, 15) is 5.11 Å². The summed E-state index contributed by atoms with van der Waals surface area (Å²) >= 11 is 0. The van der Waals surface area contributed by atoms with Crippen LogP contribution in [-0.2, 0) is 7.05 Å². The zero-order valence-electron chi connectivity index (χ0n) is 10.2. The lowest BCUT2D eigenvalue weighted by atomic mass is 10.1. The standard InChI is InChI=1S/C16H15NO/c1-17-14-10-6-5-9-13(14)11-15(17)16(18)12-7-3-2-4-8-12/h2-11,16,18H,1H3/t16-/m0/s1.